The van der Waals surface area contributed by atoms with Gasteiger partial charge < -0.3 is 15.2 Å². The summed E-state index contributed by atoms with van der Waals surface area (Å²) in [6, 6.07) is 0.0856. The van der Waals surface area contributed by atoms with Gasteiger partial charge in [0.25, 0.3) is 5.95 Å². The van der Waals surface area contributed by atoms with Gasteiger partial charge in [-0.1, -0.05) is 26.7 Å². The van der Waals surface area contributed by atoms with Crippen molar-refractivity contribution in [2.45, 2.75) is 52.0 Å². The lowest BCUT2D eigenvalue weighted by Gasteiger charge is -2.16. The van der Waals surface area contributed by atoms with Crippen molar-refractivity contribution < 1.29 is 4.52 Å². The monoisotopic (exact) mass is 252 g/mol. The Morgan fingerprint density at radius 1 is 1.22 bits per heavy atom. The lowest BCUT2D eigenvalue weighted by atomic mass is 10.0. The molecule has 1 saturated heterocycles. The topological polar surface area (TPSA) is 68.2 Å². The minimum absolute atomic E-state index is 0.0856. The Kier molecular flexibility index (Phi) is 4.58. The summed E-state index contributed by atoms with van der Waals surface area (Å²) in [6.07, 6.45) is 5.71. The van der Waals surface area contributed by atoms with E-state index in [1.807, 2.05) is 0 Å². The molecule has 1 aromatic heterocycles. The average molecular weight is 252 g/mol. The summed E-state index contributed by atoms with van der Waals surface area (Å²) in [6.45, 7) is 6.29. The van der Waals surface area contributed by atoms with Crippen LogP contribution in [-0.2, 0) is 6.42 Å². The normalized spacial score (nSPS) is 19.0. The van der Waals surface area contributed by atoms with Crippen molar-refractivity contribution in [2.75, 3.05) is 18.0 Å². The molecule has 1 aliphatic heterocycles. The van der Waals surface area contributed by atoms with Gasteiger partial charge in [-0.25, -0.2) is 0 Å². The van der Waals surface area contributed by atoms with Crippen LogP contribution in [0, 0.1) is 5.92 Å². The minimum atomic E-state index is 0.0856. The molecule has 0 aliphatic carbocycles. The van der Waals surface area contributed by atoms with Crippen LogP contribution >= 0.6 is 0 Å². The second kappa shape index (κ2) is 6.18. The number of nitrogens with two attached hydrogens (primary N) is 1. The van der Waals surface area contributed by atoms with E-state index in [0.29, 0.717) is 18.2 Å². The number of hydrogen-bond donors (Lipinski definition) is 1. The van der Waals surface area contributed by atoms with E-state index in [1.54, 1.807) is 0 Å². The largest absolute Gasteiger partial charge is 0.338 e. The van der Waals surface area contributed by atoms with Crippen LogP contribution in [0.25, 0.3) is 0 Å². The Morgan fingerprint density at radius 2 is 1.89 bits per heavy atom. The lowest BCUT2D eigenvalue weighted by molar-refractivity contribution is 0.352. The van der Waals surface area contributed by atoms with Crippen LogP contribution in [0.15, 0.2) is 4.52 Å². The highest BCUT2D eigenvalue weighted by atomic mass is 16.5. The zero-order valence-electron chi connectivity index (χ0n) is 11.4. The maximum Gasteiger partial charge on any atom is 0.266 e. The third kappa shape index (κ3) is 3.45. The molecule has 0 amide bonds. The highest BCUT2D eigenvalue weighted by Crippen LogP contribution is 2.17. The molecule has 2 heterocycles. The SMILES string of the molecule is CC(C)C(N)Cc1nc(N2CCCCCC2)no1. The highest BCUT2D eigenvalue weighted by Gasteiger charge is 2.18. The van der Waals surface area contributed by atoms with Gasteiger partial charge in [0, 0.05) is 25.6 Å². The van der Waals surface area contributed by atoms with E-state index in [9.17, 15) is 0 Å². The van der Waals surface area contributed by atoms with Gasteiger partial charge in [-0.15, -0.1) is 0 Å². The molecule has 1 atom stereocenters. The van der Waals surface area contributed by atoms with Crippen LogP contribution in [0.3, 0.4) is 0 Å². The third-order valence-electron chi connectivity index (χ3n) is 3.61. The lowest BCUT2D eigenvalue weighted by Crippen LogP contribution is -2.29. The fraction of sp³-hybridized carbons (Fsp3) is 0.846. The predicted octanol–water partition coefficient (Wildman–Crippen LogP) is 1.98. The van der Waals surface area contributed by atoms with Gasteiger partial charge in [0.15, 0.2) is 0 Å². The van der Waals surface area contributed by atoms with Crippen molar-refractivity contribution in [1.29, 1.82) is 0 Å². The highest BCUT2D eigenvalue weighted by molar-refractivity contribution is 5.27. The van der Waals surface area contributed by atoms with Crippen LogP contribution < -0.4 is 10.6 Å². The molecule has 102 valence electrons. The summed E-state index contributed by atoms with van der Waals surface area (Å²) >= 11 is 0. The summed E-state index contributed by atoms with van der Waals surface area (Å²) in [5, 5.41) is 4.08. The number of anilines is 1. The van der Waals surface area contributed by atoms with Gasteiger partial charge >= 0.3 is 0 Å². The molecule has 18 heavy (non-hydrogen) atoms. The number of rotatable bonds is 4. The minimum Gasteiger partial charge on any atom is -0.338 e. The molecule has 2 rings (SSSR count). The Bertz CT molecular complexity index is 356. The molecular formula is C13H24N4O. The van der Waals surface area contributed by atoms with Gasteiger partial charge in [0.05, 0.1) is 0 Å². The van der Waals surface area contributed by atoms with E-state index >= 15 is 0 Å². The molecule has 0 aromatic carbocycles. The smallest absolute Gasteiger partial charge is 0.266 e. The molecule has 0 radical (unpaired) electrons. The van der Waals surface area contributed by atoms with E-state index in [4.69, 9.17) is 10.3 Å². The first-order chi connectivity index (χ1) is 8.66. The average Bonchev–Trinajstić information content (AvgIpc) is 2.63. The van der Waals surface area contributed by atoms with Gasteiger partial charge in [0.1, 0.15) is 0 Å². The standard InChI is InChI=1S/C13H24N4O/c1-10(2)11(14)9-12-15-13(16-18-12)17-7-5-3-4-6-8-17/h10-11H,3-9,14H2,1-2H3. The van der Waals surface area contributed by atoms with Crippen LogP contribution in [0.1, 0.15) is 45.4 Å². The Labute approximate surface area is 109 Å². The molecule has 1 aromatic rings. The predicted molar refractivity (Wildman–Crippen MR) is 71.5 cm³/mol. The van der Waals surface area contributed by atoms with Crippen LogP contribution in [-0.4, -0.2) is 29.3 Å². The van der Waals surface area contributed by atoms with E-state index in [1.165, 1.54) is 25.7 Å². The molecule has 1 aliphatic rings. The zero-order chi connectivity index (χ0) is 13.0. The quantitative estimate of drug-likeness (QED) is 0.887. The molecule has 5 heteroatoms. The van der Waals surface area contributed by atoms with E-state index in [0.717, 1.165) is 19.0 Å². The molecule has 0 saturated carbocycles. The molecule has 1 unspecified atom stereocenters. The van der Waals surface area contributed by atoms with E-state index < -0.39 is 0 Å². The van der Waals surface area contributed by atoms with Gasteiger partial charge in [0.2, 0.25) is 5.89 Å². The van der Waals surface area contributed by atoms with E-state index in [2.05, 4.69) is 28.9 Å². The summed E-state index contributed by atoms with van der Waals surface area (Å²) in [5.41, 5.74) is 6.02. The Hall–Kier alpha value is -1.10. The second-order valence-corrected chi connectivity index (χ2v) is 5.50. The number of hydrogen-bond acceptors (Lipinski definition) is 5. The van der Waals surface area contributed by atoms with Crippen molar-refractivity contribution in [3.8, 4) is 0 Å². The van der Waals surface area contributed by atoms with Gasteiger partial charge in [-0.05, 0) is 23.9 Å². The summed E-state index contributed by atoms with van der Waals surface area (Å²) in [4.78, 5) is 6.69. The first kappa shape index (κ1) is 13.3. The molecule has 0 bridgehead atoms. The molecule has 2 N–H and O–H groups in total. The summed E-state index contributed by atoms with van der Waals surface area (Å²) in [5.74, 6) is 1.83. The third-order valence-corrected chi connectivity index (χ3v) is 3.61. The fourth-order valence-electron chi connectivity index (χ4n) is 2.17. The fourth-order valence-corrected chi connectivity index (χ4v) is 2.17. The van der Waals surface area contributed by atoms with Crippen molar-refractivity contribution in [3.63, 3.8) is 0 Å². The van der Waals surface area contributed by atoms with Crippen LogP contribution in [0.2, 0.25) is 0 Å². The maximum atomic E-state index is 6.02. The van der Waals surface area contributed by atoms with Crippen LogP contribution in [0.4, 0.5) is 5.95 Å². The molecule has 1 fully saturated rings. The number of aromatic nitrogens is 2. The van der Waals surface area contributed by atoms with Crippen molar-refractivity contribution >= 4 is 5.95 Å². The summed E-state index contributed by atoms with van der Waals surface area (Å²) < 4.78 is 5.30. The first-order valence-electron chi connectivity index (χ1n) is 7.00. The summed E-state index contributed by atoms with van der Waals surface area (Å²) in [7, 11) is 0. The number of nitrogens with zero attached hydrogens (tertiary/aromatic N) is 3. The van der Waals surface area contributed by atoms with Crippen molar-refractivity contribution in [2.24, 2.45) is 11.7 Å². The molecule has 0 spiro atoms. The molecular weight excluding hydrogens is 228 g/mol. The van der Waals surface area contributed by atoms with Crippen molar-refractivity contribution in [1.82, 2.24) is 10.1 Å². The van der Waals surface area contributed by atoms with Crippen LogP contribution in [0.5, 0.6) is 0 Å². The molecule has 5 nitrogen and oxygen atoms in total. The maximum absolute atomic E-state index is 6.02. The second-order valence-electron chi connectivity index (χ2n) is 5.50. The Morgan fingerprint density at radius 3 is 2.50 bits per heavy atom. The van der Waals surface area contributed by atoms with Crippen molar-refractivity contribution in [3.05, 3.63) is 5.89 Å². The Balaban J connectivity index is 1.96. The van der Waals surface area contributed by atoms with Gasteiger partial charge in [-0.2, -0.15) is 4.98 Å². The van der Waals surface area contributed by atoms with E-state index in [-0.39, 0.29) is 6.04 Å². The van der Waals surface area contributed by atoms with Gasteiger partial charge in [-0.3, -0.25) is 0 Å². The zero-order valence-corrected chi connectivity index (χ0v) is 11.4. The first-order valence-corrected chi connectivity index (χ1v) is 7.00.